The predicted octanol–water partition coefficient (Wildman–Crippen LogP) is 4.17. The monoisotopic (exact) mass is 397 g/mol. The Morgan fingerprint density at radius 3 is 2.50 bits per heavy atom. The van der Waals surface area contributed by atoms with Crippen molar-refractivity contribution in [1.82, 2.24) is 0 Å². The van der Waals surface area contributed by atoms with Crippen molar-refractivity contribution in [1.29, 1.82) is 0 Å². The van der Waals surface area contributed by atoms with Gasteiger partial charge in [0.2, 0.25) is 0 Å². The van der Waals surface area contributed by atoms with Crippen LogP contribution in [0.3, 0.4) is 0 Å². The zero-order chi connectivity index (χ0) is 20.9. The van der Waals surface area contributed by atoms with Gasteiger partial charge in [0.25, 0.3) is 5.91 Å². The molecule has 2 unspecified atom stereocenters. The highest BCUT2D eigenvalue weighted by atomic mass is 16.3. The summed E-state index contributed by atoms with van der Waals surface area (Å²) >= 11 is 0. The molecule has 0 spiro atoms. The molecular formula is C26H23NO3. The summed E-state index contributed by atoms with van der Waals surface area (Å²) in [6, 6.07) is 22.7. The van der Waals surface area contributed by atoms with Crippen LogP contribution in [0.1, 0.15) is 39.0 Å². The van der Waals surface area contributed by atoms with E-state index >= 15 is 0 Å². The Bertz CT molecular complexity index is 1170. The fraction of sp³-hybridized carbons (Fsp3) is 0.231. The van der Waals surface area contributed by atoms with Gasteiger partial charge in [-0.25, -0.2) is 0 Å². The van der Waals surface area contributed by atoms with Gasteiger partial charge in [0.1, 0.15) is 0 Å². The molecule has 0 bridgehead atoms. The minimum absolute atomic E-state index is 0.153. The Hall–Kier alpha value is -3.24. The summed E-state index contributed by atoms with van der Waals surface area (Å²) in [6.45, 7) is 2.37. The van der Waals surface area contributed by atoms with Crippen molar-refractivity contribution in [3.05, 3.63) is 101 Å². The number of ketones is 1. The Labute approximate surface area is 175 Å². The van der Waals surface area contributed by atoms with E-state index in [2.05, 4.69) is 0 Å². The third-order valence-corrected chi connectivity index (χ3v) is 6.57. The van der Waals surface area contributed by atoms with Gasteiger partial charge in [-0.05, 0) is 42.5 Å². The Morgan fingerprint density at radius 1 is 0.967 bits per heavy atom. The van der Waals surface area contributed by atoms with Crippen LogP contribution in [-0.4, -0.2) is 16.8 Å². The molecule has 2 atom stereocenters. The third kappa shape index (κ3) is 2.64. The molecule has 0 saturated carbocycles. The predicted molar refractivity (Wildman–Crippen MR) is 115 cm³/mol. The lowest BCUT2D eigenvalue weighted by molar-refractivity contribution is -0.140. The number of Topliss-reactive ketones (excluding diaryl/α,β-unsaturated/α-hetero) is 1. The summed E-state index contributed by atoms with van der Waals surface area (Å²) in [5.74, 6) is -1.35. The Balaban J connectivity index is 1.58. The number of fused-ring (bicyclic) bond motifs is 2. The number of amides is 1. The summed E-state index contributed by atoms with van der Waals surface area (Å²) in [6.07, 6.45) is 1.12. The van der Waals surface area contributed by atoms with Crippen LogP contribution in [0.25, 0.3) is 0 Å². The first-order valence-corrected chi connectivity index (χ1v) is 10.3. The van der Waals surface area contributed by atoms with E-state index in [0.717, 1.165) is 16.7 Å². The summed E-state index contributed by atoms with van der Waals surface area (Å²) in [5.41, 5.74) is 3.07. The van der Waals surface area contributed by atoms with Crippen molar-refractivity contribution in [2.75, 3.05) is 4.90 Å². The van der Waals surface area contributed by atoms with Gasteiger partial charge in [-0.3, -0.25) is 9.59 Å². The van der Waals surface area contributed by atoms with Crippen molar-refractivity contribution < 1.29 is 14.7 Å². The van der Waals surface area contributed by atoms with Crippen LogP contribution in [0, 0.1) is 12.8 Å². The molecule has 30 heavy (non-hydrogen) atoms. The maximum Gasteiger partial charge on any atom is 0.264 e. The molecule has 3 aromatic carbocycles. The third-order valence-electron chi connectivity index (χ3n) is 6.57. The number of hydrogen-bond donors (Lipinski definition) is 1. The second kappa shape index (κ2) is 6.92. The molecule has 0 fully saturated rings. The van der Waals surface area contributed by atoms with Crippen molar-refractivity contribution >= 4 is 17.4 Å². The molecule has 1 heterocycles. The number of aryl methyl sites for hydroxylation is 2. The number of rotatable bonds is 3. The lowest BCUT2D eigenvalue weighted by Gasteiger charge is -2.34. The molecule has 1 aliphatic heterocycles. The topological polar surface area (TPSA) is 57.6 Å². The average molecular weight is 397 g/mol. The number of hydrogen-bond acceptors (Lipinski definition) is 3. The first kappa shape index (κ1) is 18.8. The molecule has 150 valence electrons. The number of anilines is 1. The highest BCUT2D eigenvalue weighted by Crippen LogP contribution is 2.48. The second-order valence-corrected chi connectivity index (χ2v) is 8.21. The zero-order valence-electron chi connectivity index (χ0n) is 16.8. The first-order chi connectivity index (χ1) is 14.5. The number of benzene rings is 3. The van der Waals surface area contributed by atoms with Crippen LogP contribution < -0.4 is 4.90 Å². The number of aliphatic hydroxyl groups is 1. The average Bonchev–Trinajstić information content (AvgIpc) is 2.98. The number of para-hydroxylation sites is 1. The first-order valence-electron chi connectivity index (χ1n) is 10.3. The summed E-state index contributed by atoms with van der Waals surface area (Å²) in [4.78, 5) is 28.7. The second-order valence-electron chi connectivity index (χ2n) is 8.21. The molecule has 2 aliphatic rings. The van der Waals surface area contributed by atoms with E-state index < -0.39 is 17.4 Å². The van der Waals surface area contributed by atoms with Crippen LogP contribution in [0.15, 0.2) is 72.8 Å². The van der Waals surface area contributed by atoms with Gasteiger partial charge in [-0.15, -0.1) is 0 Å². The largest absolute Gasteiger partial charge is 0.375 e. The summed E-state index contributed by atoms with van der Waals surface area (Å²) < 4.78 is 0. The SMILES string of the molecule is Cc1ccccc1CN1C(=O)C(O)(C2CCc3ccccc3C2=O)c2ccccc21. The zero-order valence-corrected chi connectivity index (χ0v) is 16.8. The van der Waals surface area contributed by atoms with Gasteiger partial charge in [-0.2, -0.15) is 0 Å². The van der Waals surface area contributed by atoms with Crippen molar-refractivity contribution in [3.63, 3.8) is 0 Å². The molecular weight excluding hydrogens is 374 g/mol. The van der Waals surface area contributed by atoms with Gasteiger partial charge in [0, 0.05) is 11.1 Å². The van der Waals surface area contributed by atoms with E-state index in [0.29, 0.717) is 36.2 Å². The molecule has 3 aromatic rings. The van der Waals surface area contributed by atoms with Gasteiger partial charge in [0.15, 0.2) is 11.4 Å². The molecule has 0 aromatic heterocycles. The summed E-state index contributed by atoms with van der Waals surface area (Å²) in [5, 5.41) is 11.8. The molecule has 4 nitrogen and oxygen atoms in total. The molecule has 0 saturated heterocycles. The lowest BCUT2D eigenvalue weighted by Crippen LogP contribution is -2.49. The molecule has 0 radical (unpaired) electrons. The van der Waals surface area contributed by atoms with Crippen LogP contribution in [0.2, 0.25) is 0 Å². The molecule has 1 aliphatic carbocycles. The van der Waals surface area contributed by atoms with E-state index in [4.69, 9.17) is 0 Å². The van der Waals surface area contributed by atoms with Gasteiger partial charge >= 0.3 is 0 Å². The van der Waals surface area contributed by atoms with Crippen LogP contribution in [0.4, 0.5) is 5.69 Å². The van der Waals surface area contributed by atoms with Crippen molar-refractivity contribution in [3.8, 4) is 0 Å². The highest BCUT2D eigenvalue weighted by Gasteiger charge is 2.57. The Morgan fingerprint density at radius 2 is 1.67 bits per heavy atom. The maximum absolute atomic E-state index is 13.7. The fourth-order valence-electron chi connectivity index (χ4n) is 4.91. The summed E-state index contributed by atoms with van der Waals surface area (Å²) in [7, 11) is 0. The number of carbonyl (C=O) groups excluding carboxylic acids is 2. The molecule has 5 rings (SSSR count). The van der Waals surface area contributed by atoms with E-state index in [1.807, 2.05) is 67.6 Å². The molecule has 1 N–H and O–H groups in total. The van der Waals surface area contributed by atoms with Crippen LogP contribution in [-0.2, 0) is 23.4 Å². The minimum atomic E-state index is -1.84. The maximum atomic E-state index is 13.7. The van der Waals surface area contributed by atoms with Crippen molar-refractivity contribution in [2.24, 2.45) is 5.92 Å². The smallest absolute Gasteiger partial charge is 0.264 e. The lowest BCUT2D eigenvalue weighted by atomic mass is 9.71. The normalized spacial score (nSPS) is 22.7. The number of carbonyl (C=O) groups is 2. The number of nitrogens with zero attached hydrogens (tertiary/aromatic N) is 1. The molecule has 4 heteroatoms. The Kier molecular flexibility index (Phi) is 4.33. The van der Waals surface area contributed by atoms with Crippen molar-refractivity contribution in [2.45, 2.75) is 31.9 Å². The quantitative estimate of drug-likeness (QED) is 0.722. The van der Waals surface area contributed by atoms with Crippen LogP contribution >= 0.6 is 0 Å². The van der Waals surface area contributed by atoms with E-state index in [-0.39, 0.29) is 5.78 Å². The van der Waals surface area contributed by atoms with Gasteiger partial charge in [-0.1, -0.05) is 66.7 Å². The minimum Gasteiger partial charge on any atom is -0.375 e. The standard InChI is InChI=1S/C26H23NO3/c1-17-8-2-3-10-19(17)16-27-23-13-7-6-12-21(23)26(30,25(27)29)22-15-14-18-9-4-5-11-20(18)24(22)28/h2-13,22,30H,14-16H2,1H3. The van der Waals surface area contributed by atoms with E-state index in [9.17, 15) is 14.7 Å². The van der Waals surface area contributed by atoms with Crippen LogP contribution in [0.5, 0.6) is 0 Å². The van der Waals surface area contributed by atoms with E-state index in [1.165, 1.54) is 0 Å². The fourth-order valence-corrected chi connectivity index (χ4v) is 4.91. The van der Waals surface area contributed by atoms with Gasteiger partial charge in [0.05, 0.1) is 18.2 Å². The van der Waals surface area contributed by atoms with Gasteiger partial charge < -0.3 is 10.0 Å². The van der Waals surface area contributed by atoms with E-state index in [1.54, 1.807) is 17.0 Å². The highest BCUT2D eigenvalue weighted by molar-refractivity contribution is 6.12. The molecule has 1 amide bonds.